The molecule has 266 valence electrons. The van der Waals surface area contributed by atoms with Crippen molar-refractivity contribution in [3.63, 3.8) is 0 Å². The highest BCUT2D eigenvalue weighted by atomic mass is 32.1. The Balaban J connectivity index is 1.23. The van der Waals surface area contributed by atoms with Crippen molar-refractivity contribution in [2.45, 2.75) is 110 Å². The first-order chi connectivity index (χ1) is 23.6. The van der Waals surface area contributed by atoms with Crippen LogP contribution in [0.15, 0.2) is 73.1 Å². The van der Waals surface area contributed by atoms with Crippen LogP contribution in [0.25, 0.3) is 22.5 Å². The van der Waals surface area contributed by atoms with Crippen LogP contribution in [-0.4, -0.2) is 50.4 Å². The fraction of sp³-hybridized carbons (Fsp3) is 0.463. The number of nitrogens with one attached hydrogen (secondary N) is 2. The van der Waals surface area contributed by atoms with Crippen molar-refractivity contribution < 1.29 is 19.8 Å². The summed E-state index contributed by atoms with van der Waals surface area (Å²) in [5.41, 5.74) is 5.39. The van der Waals surface area contributed by atoms with Crippen LogP contribution in [0.5, 0.6) is 0 Å². The SMILES string of the molecule is C[C@@H](NC(=O)[C@H](Cc1ccc(-c2ncc(-c3ccc(C4CCC(C(C)(C)C)CC4)cc3)cn2)cc1)NC(=O)c1ccc(C(C)(C)C)s1)C(O)O. The maximum atomic E-state index is 13.2. The summed E-state index contributed by atoms with van der Waals surface area (Å²) in [6, 6.07) is 18.3. The molecule has 0 spiro atoms. The quantitative estimate of drug-likeness (QED) is 0.126. The van der Waals surface area contributed by atoms with Crippen molar-refractivity contribution in [2.75, 3.05) is 0 Å². The molecule has 1 aliphatic carbocycles. The third kappa shape index (κ3) is 9.44. The molecule has 8 nitrogen and oxygen atoms in total. The molecule has 0 radical (unpaired) electrons. The summed E-state index contributed by atoms with van der Waals surface area (Å²) in [4.78, 5) is 37.3. The van der Waals surface area contributed by atoms with E-state index in [-0.39, 0.29) is 17.7 Å². The zero-order valence-electron chi connectivity index (χ0n) is 30.4. The maximum Gasteiger partial charge on any atom is 0.262 e. The second kappa shape index (κ2) is 15.5. The van der Waals surface area contributed by atoms with E-state index in [1.165, 1.54) is 49.5 Å². The minimum Gasteiger partial charge on any atom is -0.366 e. The second-order valence-electron chi connectivity index (χ2n) is 15.9. The number of aliphatic hydroxyl groups is 2. The van der Waals surface area contributed by atoms with Gasteiger partial charge in [0.25, 0.3) is 5.91 Å². The first-order valence-electron chi connectivity index (χ1n) is 17.7. The number of amides is 2. The van der Waals surface area contributed by atoms with Gasteiger partial charge in [-0.3, -0.25) is 9.59 Å². The third-order valence-electron chi connectivity index (χ3n) is 9.98. The lowest BCUT2D eigenvalue weighted by atomic mass is 9.68. The molecule has 2 aromatic carbocycles. The molecule has 9 heteroatoms. The number of rotatable bonds is 10. The van der Waals surface area contributed by atoms with Crippen molar-refractivity contribution in [2.24, 2.45) is 11.3 Å². The van der Waals surface area contributed by atoms with Crippen molar-refractivity contribution in [3.8, 4) is 22.5 Å². The number of aliphatic hydroxyl groups excluding tert-OH is 1. The lowest BCUT2D eigenvalue weighted by Crippen LogP contribution is -2.52. The first-order valence-corrected chi connectivity index (χ1v) is 18.5. The standard InChI is InChI=1S/C41H52N4O4S/c1-25(39(48)49)44-37(46)33(45-38(47)34-20-21-35(50-34)41(5,6)7)22-26-8-10-30(11-9-26)36-42-23-31(24-43-36)29-14-12-27(13-15-29)28-16-18-32(19-17-28)40(2,3)4/h8-15,20-21,23-25,28,32-33,39,48-49H,16-19,22H2,1-7H3,(H,44,46)(H,45,47)/t25-,28?,32?,33+/m1/s1. The number of carbonyl (C=O) groups is 2. The molecule has 2 heterocycles. The van der Waals surface area contributed by atoms with E-state index in [1.54, 1.807) is 6.07 Å². The van der Waals surface area contributed by atoms with Gasteiger partial charge >= 0.3 is 0 Å². The minimum absolute atomic E-state index is 0.102. The average molecular weight is 697 g/mol. The summed E-state index contributed by atoms with van der Waals surface area (Å²) in [6.07, 6.45) is 7.27. The van der Waals surface area contributed by atoms with Gasteiger partial charge in [-0.15, -0.1) is 11.3 Å². The van der Waals surface area contributed by atoms with Crippen molar-refractivity contribution in [3.05, 3.63) is 93.9 Å². The van der Waals surface area contributed by atoms with Crippen LogP contribution >= 0.6 is 11.3 Å². The van der Waals surface area contributed by atoms with Crippen LogP contribution in [-0.2, 0) is 16.6 Å². The average Bonchev–Trinajstić information content (AvgIpc) is 3.60. The maximum absolute atomic E-state index is 13.2. The monoisotopic (exact) mass is 696 g/mol. The molecule has 4 N–H and O–H groups in total. The molecule has 0 aliphatic heterocycles. The Morgan fingerprint density at radius 3 is 1.94 bits per heavy atom. The van der Waals surface area contributed by atoms with Crippen LogP contribution < -0.4 is 10.6 Å². The Labute approximate surface area is 300 Å². The van der Waals surface area contributed by atoms with Gasteiger partial charge in [0, 0.05) is 34.8 Å². The van der Waals surface area contributed by atoms with E-state index in [2.05, 4.69) is 86.4 Å². The lowest BCUT2D eigenvalue weighted by molar-refractivity contribution is -0.128. The second-order valence-corrected chi connectivity index (χ2v) is 17.0. The molecule has 1 fully saturated rings. The molecule has 0 unspecified atom stereocenters. The van der Waals surface area contributed by atoms with E-state index in [4.69, 9.17) is 0 Å². The highest BCUT2D eigenvalue weighted by Crippen LogP contribution is 2.43. The van der Waals surface area contributed by atoms with E-state index in [0.29, 0.717) is 22.0 Å². The van der Waals surface area contributed by atoms with Crippen molar-refractivity contribution in [1.82, 2.24) is 20.6 Å². The highest BCUT2D eigenvalue weighted by Gasteiger charge is 2.30. The third-order valence-corrected chi connectivity index (χ3v) is 11.5. The number of nitrogens with zero attached hydrogens (tertiary/aromatic N) is 2. The van der Waals surface area contributed by atoms with Crippen LogP contribution in [0.4, 0.5) is 0 Å². The zero-order valence-corrected chi connectivity index (χ0v) is 31.2. The Kier molecular flexibility index (Phi) is 11.6. The van der Waals surface area contributed by atoms with Gasteiger partial charge in [-0.05, 0) is 84.1 Å². The summed E-state index contributed by atoms with van der Waals surface area (Å²) in [5, 5.41) is 24.5. The topological polar surface area (TPSA) is 124 Å². The lowest BCUT2D eigenvalue weighted by Gasteiger charge is -2.37. The minimum atomic E-state index is -1.73. The molecule has 1 saturated carbocycles. The van der Waals surface area contributed by atoms with Gasteiger partial charge in [-0.1, -0.05) is 90.1 Å². The number of thiophene rings is 1. The summed E-state index contributed by atoms with van der Waals surface area (Å²) in [7, 11) is 0. The summed E-state index contributed by atoms with van der Waals surface area (Å²) in [5.74, 6) is 1.16. The van der Waals surface area contributed by atoms with E-state index >= 15 is 0 Å². The predicted octanol–water partition coefficient (Wildman–Crippen LogP) is 7.65. The van der Waals surface area contributed by atoms with E-state index in [1.807, 2.05) is 42.7 Å². The molecule has 4 aromatic rings. The Bertz CT molecular complexity index is 1730. The first kappa shape index (κ1) is 37.3. The van der Waals surface area contributed by atoms with Gasteiger partial charge in [0.1, 0.15) is 6.04 Å². The molecule has 50 heavy (non-hydrogen) atoms. The van der Waals surface area contributed by atoms with Crippen LogP contribution in [0, 0.1) is 11.3 Å². The normalized spacial score (nSPS) is 18.0. The smallest absolute Gasteiger partial charge is 0.262 e. The molecule has 1 aliphatic rings. The van der Waals surface area contributed by atoms with Gasteiger partial charge < -0.3 is 20.8 Å². The number of aromatic nitrogens is 2. The molecule has 5 rings (SSSR count). The summed E-state index contributed by atoms with van der Waals surface area (Å²) in [6.45, 7) is 14.8. The van der Waals surface area contributed by atoms with Gasteiger partial charge in [-0.2, -0.15) is 0 Å². The Hall–Kier alpha value is -3.92. The van der Waals surface area contributed by atoms with Gasteiger partial charge in [0.15, 0.2) is 12.1 Å². The Morgan fingerprint density at radius 1 is 0.800 bits per heavy atom. The van der Waals surface area contributed by atoms with Gasteiger partial charge in [0.2, 0.25) is 5.91 Å². The highest BCUT2D eigenvalue weighted by molar-refractivity contribution is 7.14. The summed E-state index contributed by atoms with van der Waals surface area (Å²) < 4.78 is 0. The van der Waals surface area contributed by atoms with E-state index in [9.17, 15) is 19.8 Å². The van der Waals surface area contributed by atoms with E-state index < -0.39 is 24.3 Å². The van der Waals surface area contributed by atoms with Gasteiger partial charge in [0.05, 0.1) is 10.9 Å². The van der Waals surface area contributed by atoms with Crippen LogP contribution in [0.2, 0.25) is 0 Å². The van der Waals surface area contributed by atoms with Gasteiger partial charge in [-0.25, -0.2) is 9.97 Å². The van der Waals surface area contributed by atoms with Crippen LogP contribution in [0.1, 0.15) is 106 Å². The summed E-state index contributed by atoms with van der Waals surface area (Å²) >= 11 is 1.39. The zero-order chi connectivity index (χ0) is 36.2. The number of hydrogen-bond acceptors (Lipinski definition) is 7. The predicted molar refractivity (Wildman–Crippen MR) is 201 cm³/mol. The molecule has 2 amide bonds. The molecule has 2 atom stereocenters. The molecule has 2 aromatic heterocycles. The molecular formula is C41H52N4O4S. The number of benzene rings is 2. The largest absolute Gasteiger partial charge is 0.366 e. The van der Waals surface area contributed by atoms with E-state index in [0.717, 1.165) is 33.0 Å². The van der Waals surface area contributed by atoms with Crippen molar-refractivity contribution >= 4 is 23.2 Å². The fourth-order valence-electron chi connectivity index (χ4n) is 6.59. The molecular weight excluding hydrogens is 645 g/mol. The number of hydrogen-bond donors (Lipinski definition) is 4. The van der Waals surface area contributed by atoms with Crippen LogP contribution in [0.3, 0.4) is 0 Å². The fourth-order valence-corrected chi connectivity index (χ4v) is 7.56. The Morgan fingerprint density at radius 2 is 1.40 bits per heavy atom. The molecule has 0 bridgehead atoms. The van der Waals surface area contributed by atoms with Crippen molar-refractivity contribution in [1.29, 1.82) is 0 Å². The number of carbonyl (C=O) groups excluding carboxylic acids is 2. The molecule has 0 saturated heterocycles.